The van der Waals surface area contributed by atoms with Gasteiger partial charge in [0.25, 0.3) is 0 Å². The second-order valence-electron chi connectivity index (χ2n) is 13.1. The Labute approximate surface area is 266 Å². The van der Waals surface area contributed by atoms with Crippen LogP contribution < -0.4 is 21.3 Å². The van der Waals surface area contributed by atoms with Gasteiger partial charge in [0.15, 0.2) is 5.78 Å². The smallest absolute Gasteiger partial charge is 0.243 e. The van der Waals surface area contributed by atoms with E-state index in [0.717, 1.165) is 5.56 Å². The molecular formula is C33H51N5O7. The lowest BCUT2D eigenvalue weighted by molar-refractivity contribution is -0.134. The second-order valence-corrected chi connectivity index (χ2v) is 13.1. The molecule has 2 aliphatic heterocycles. The number of nitrogens with zero attached hydrogens (tertiary/aromatic N) is 1. The monoisotopic (exact) mass is 629 g/mol. The van der Waals surface area contributed by atoms with Gasteiger partial charge in [-0.05, 0) is 50.0 Å². The van der Waals surface area contributed by atoms with Crippen LogP contribution in [0.4, 0.5) is 0 Å². The number of ketones is 1. The predicted molar refractivity (Wildman–Crippen MR) is 169 cm³/mol. The molecule has 0 saturated carbocycles. The molecule has 0 spiro atoms. The Kier molecular flexibility index (Phi) is 13.9. The highest BCUT2D eigenvalue weighted by atomic mass is 16.6. The van der Waals surface area contributed by atoms with E-state index in [1.807, 2.05) is 62.9 Å². The van der Waals surface area contributed by atoms with Crippen LogP contribution in [0.1, 0.15) is 59.4 Å². The summed E-state index contributed by atoms with van der Waals surface area (Å²) >= 11 is 0. The summed E-state index contributed by atoms with van der Waals surface area (Å²) in [5.41, 5.74) is 0.147. The normalized spacial score (nSPS) is 20.2. The van der Waals surface area contributed by atoms with E-state index in [4.69, 9.17) is 9.47 Å². The van der Waals surface area contributed by atoms with Crippen LogP contribution in [-0.2, 0) is 39.9 Å². The molecule has 4 atom stereocenters. The van der Waals surface area contributed by atoms with Gasteiger partial charge in [-0.15, -0.1) is 0 Å². The lowest BCUT2D eigenvalue weighted by Gasteiger charge is -2.28. The summed E-state index contributed by atoms with van der Waals surface area (Å²) in [5, 5.41) is 11.1. The summed E-state index contributed by atoms with van der Waals surface area (Å²) in [5.74, 6) is -1.73. The molecule has 2 fully saturated rings. The maximum atomic E-state index is 13.6. The molecule has 2 heterocycles. The van der Waals surface area contributed by atoms with E-state index in [-0.39, 0.29) is 36.6 Å². The molecule has 45 heavy (non-hydrogen) atoms. The fraction of sp³-hybridized carbons (Fsp3) is 0.667. The van der Waals surface area contributed by atoms with E-state index < -0.39 is 41.4 Å². The van der Waals surface area contributed by atoms with Crippen molar-refractivity contribution < 1.29 is 33.4 Å². The number of morpholine rings is 1. The molecule has 4 N–H and O–H groups in total. The summed E-state index contributed by atoms with van der Waals surface area (Å²) < 4.78 is 10.6. The molecule has 0 aliphatic carbocycles. The van der Waals surface area contributed by atoms with Crippen LogP contribution >= 0.6 is 0 Å². The average molecular weight is 630 g/mol. The van der Waals surface area contributed by atoms with Gasteiger partial charge in [-0.1, -0.05) is 58.0 Å². The fourth-order valence-corrected chi connectivity index (χ4v) is 5.26. The first-order valence-corrected chi connectivity index (χ1v) is 16.1. The minimum absolute atomic E-state index is 0.0564. The molecule has 4 amide bonds. The van der Waals surface area contributed by atoms with Crippen LogP contribution in [0.25, 0.3) is 0 Å². The predicted octanol–water partition coefficient (Wildman–Crippen LogP) is 0.972. The van der Waals surface area contributed by atoms with E-state index in [0.29, 0.717) is 58.6 Å². The zero-order valence-electron chi connectivity index (χ0n) is 27.4. The molecule has 0 unspecified atom stereocenters. The average Bonchev–Trinajstić information content (AvgIpc) is 3.75. The molecule has 12 heteroatoms. The van der Waals surface area contributed by atoms with Crippen molar-refractivity contribution in [2.24, 2.45) is 11.8 Å². The van der Waals surface area contributed by atoms with Crippen molar-refractivity contribution in [2.45, 2.75) is 84.0 Å². The van der Waals surface area contributed by atoms with Crippen LogP contribution in [-0.4, -0.2) is 104 Å². The first-order valence-electron chi connectivity index (χ1n) is 16.1. The standard InChI is InChI=1S/C33H51N5O7/c1-22(2)17-26(30(41)33(5)21-45-33)36-28(39)19-34-31(42)27(18-23(3)4)37-32(43)25(12-11-24-9-7-6-8-10-24)35-29(40)20-38-13-15-44-16-14-38/h6-10,22-23,25-27H,11-21H2,1-5H3,(H,34,42)(H,35,40)(H,36,39)(H,37,43)/t25-,26-,27-,33-/m0/s1. The molecule has 250 valence electrons. The number of carbonyl (C=O) groups is 5. The number of hydrogen-bond acceptors (Lipinski definition) is 8. The lowest BCUT2D eigenvalue weighted by atomic mass is 9.93. The number of hydrogen-bond donors (Lipinski definition) is 4. The molecule has 1 aromatic carbocycles. The molecule has 12 nitrogen and oxygen atoms in total. The molecule has 1 aromatic rings. The van der Waals surface area contributed by atoms with Crippen molar-refractivity contribution in [3.63, 3.8) is 0 Å². The summed E-state index contributed by atoms with van der Waals surface area (Å²) in [4.78, 5) is 67.5. The lowest BCUT2D eigenvalue weighted by Crippen LogP contribution is -2.56. The number of aryl methyl sites for hydroxylation is 1. The van der Waals surface area contributed by atoms with Crippen LogP contribution in [0.5, 0.6) is 0 Å². The number of rotatable bonds is 18. The summed E-state index contributed by atoms with van der Waals surface area (Å²) in [6, 6.07) is 7.16. The third-order valence-electron chi connectivity index (χ3n) is 7.91. The molecule has 2 saturated heterocycles. The van der Waals surface area contributed by atoms with Crippen molar-refractivity contribution >= 4 is 29.4 Å². The third-order valence-corrected chi connectivity index (χ3v) is 7.91. The first-order chi connectivity index (χ1) is 21.4. The van der Waals surface area contributed by atoms with Crippen LogP contribution in [0.2, 0.25) is 0 Å². The summed E-state index contributed by atoms with van der Waals surface area (Å²) in [7, 11) is 0. The Morgan fingerprint density at radius 2 is 1.42 bits per heavy atom. The van der Waals surface area contributed by atoms with Crippen molar-refractivity contribution in [1.82, 2.24) is 26.2 Å². The van der Waals surface area contributed by atoms with Gasteiger partial charge in [0.1, 0.15) is 17.7 Å². The number of nitrogens with one attached hydrogen (secondary N) is 4. The Morgan fingerprint density at radius 1 is 0.822 bits per heavy atom. The maximum Gasteiger partial charge on any atom is 0.243 e. The van der Waals surface area contributed by atoms with Gasteiger partial charge in [-0.2, -0.15) is 0 Å². The number of ether oxygens (including phenoxy) is 2. The Morgan fingerprint density at radius 3 is 2.02 bits per heavy atom. The SMILES string of the molecule is CC(C)C[C@H](NC(=O)[C@H](CCc1ccccc1)NC(=O)CN1CCOCC1)C(=O)NCC(=O)N[C@@H](CC(C)C)C(=O)[C@]1(C)CO1. The van der Waals surface area contributed by atoms with Gasteiger partial charge < -0.3 is 30.7 Å². The Balaban J connectivity index is 1.62. The maximum absolute atomic E-state index is 13.6. The van der Waals surface area contributed by atoms with Gasteiger partial charge in [-0.3, -0.25) is 28.9 Å². The Hall–Kier alpha value is -3.35. The number of benzene rings is 1. The van der Waals surface area contributed by atoms with Crippen LogP contribution in [0.3, 0.4) is 0 Å². The largest absolute Gasteiger partial charge is 0.379 e. The number of amides is 4. The van der Waals surface area contributed by atoms with E-state index in [1.54, 1.807) is 6.92 Å². The quantitative estimate of drug-likeness (QED) is 0.175. The number of epoxide rings is 1. The highest BCUT2D eigenvalue weighted by molar-refractivity contribution is 5.97. The van der Waals surface area contributed by atoms with Gasteiger partial charge in [0.2, 0.25) is 23.6 Å². The molecule has 0 bridgehead atoms. The fourth-order valence-electron chi connectivity index (χ4n) is 5.26. The molecule has 2 aliphatic rings. The molecule has 0 aromatic heterocycles. The topological polar surface area (TPSA) is 158 Å². The van der Waals surface area contributed by atoms with E-state index in [1.165, 1.54) is 0 Å². The van der Waals surface area contributed by atoms with Gasteiger partial charge >= 0.3 is 0 Å². The van der Waals surface area contributed by atoms with Crippen molar-refractivity contribution in [1.29, 1.82) is 0 Å². The van der Waals surface area contributed by atoms with Gasteiger partial charge in [-0.25, -0.2) is 0 Å². The molecule has 0 radical (unpaired) electrons. The highest BCUT2D eigenvalue weighted by Gasteiger charge is 2.50. The highest BCUT2D eigenvalue weighted by Crippen LogP contribution is 2.29. The minimum atomic E-state index is -0.924. The zero-order valence-corrected chi connectivity index (χ0v) is 27.4. The van der Waals surface area contributed by atoms with Crippen LogP contribution in [0.15, 0.2) is 30.3 Å². The second kappa shape index (κ2) is 17.4. The van der Waals surface area contributed by atoms with E-state index >= 15 is 0 Å². The van der Waals surface area contributed by atoms with Crippen molar-refractivity contribution in [2.75, 3.05) is 46.0 Å². The molecular weight excluding hydrogens is 578 g/mol. The zero-order chi connectivity index (χ0) is 33.0. The van der Waals surface area contributed by atoms with Crippen LogP contribution in [0, 0.1) is 11.8 Å². The minimum Gasteiger partial charge on any atom is -0.379 e. The summed E-state index contributed by atoms with van der Waals surface area (Å²) in [6.07, 6.45) is 1.68. The number of Topliss-reactive ketones (excluding diaryl/α,β-unsaturated/α-hetero) is 1. The van der Waals surface area contributed by atoms with E-state index in [9.17, 15) is 24.0 Å². The third kappa shape index (κ3) is 12.5. The molecule has 3 rings (SSSR count). The van der Waals surface area contributed by atoms with Gasteiger partial charge in [0, 0.05) is 13.1 Å². The van der Waals surface area contributed by atoms with Crippen molar-refractivity contribution in [3.05, 3.63) is 35.9 Å². The van der Waals surface area contributed by atoms with Gasteiger partial charge in [0.05, 0.1) is 39.0 Å². The first kappa shape index (κ1) is 36.1. The summed E-state index contributed by atoms with van der Waals surface area (Å²) in [6.45, 7) is 12.0. The number of carbonyl (C=O) groups excluding carboxylic acids is 5. The van der Waals surface area contributed by atoms with Crippen molar-refractivity contribution in [3.8, 4) is 0 Å². The Bertz CT molecular complexity index is 1150. The van der Waals surface area contributed by atoms with E-state index in [2.05, 4.69) is 21.3 Å².